The fourth-order valence-corrected chi connectivity index (χ4v) is 2.69. The smallest absolute Gasteiger partial charge is 0.260 e. The maximum absolute atomic E-state index is 11.2. The molecule has 0 saturated carbocycles. The number of nitrogen functional groups attached to an aromatic ring is 1. The van der Waals surface area contributed by atoms with Crippen LogP contribution in [0, 0.1) is 0 Å². The molecule has 0 saturated heterocycles. The van der Waals surface area contributed by atoms with Gasteiger partial charge in [-0.1, -0.05) is 0 Å². The van der Waals surface area contributed by atoms with E-state index in [9.17, 15) is 4.79 Å². The third-order valence-electron chi connectivity index (χ3n) is 2.93. The van der Waals surface area contributed by atoms with Gasteiger partial charge in [-0.15, -0.1) is 11.3 Å². The Balaban J connectivity index is 2.12. The van der Waals surface area contributed by atoms with Gasteiger partial charge in [0.1, 0.15) is 16.4 Å². The molecule has 0 unspecified atom stereocenters. The summed E-state index contributed by atoms with van der Waals surface area (Å²) in [5.74, 6) is 0.932. The van der Waals surface area contributed by atoms with Crippen molar-refractivity contribution in [2.45, 2.75) is 6.54 Å². The number of nitrogens with two attached hydrogens (primary N) is 2. The summed E-state index contributed by atoms with van der Waals surface area (Å²) in [7, 11) is 3.21. The normalized spacial score (nSPS) is 10.2. The highest BCUT2D eigenvalue weighted by Gasteiger charge is 2.12. The van der Waals surface area contributed by atoms with E-state index in [2.05, 4.69) is 5.32 Å². The number of hydrogen-bond acceptors (Lipinski definition) is 6. The zero-order valence-corrected chi connectivity index (χ0v) is 12.6. The monoisotopic (exact) mass is 307 g/mol. The first kappa shape index (κ1) is 15.0. The number of benzene rings is 1. The summed E-state index contributed by atoms with van der Waals surface area (Å²) >= 11 is 1.23. The number of amides is 1. The van der Waals surface area contributed by atoms with Gasteiger partial charge in [0.05, 0.1) is 24.9 Å². The summed E-state index contributed by atoms with van der Waals surface area (Å²) in [6, 6.07) is 7.28. The maximum atomic E-state index is 11.2. The van der Waals surface area contributed by atoms with E-state index in [1.807, 2.05) is 18.2 Å². The summed E-state index contributed by atoms with van der Waals surface area (Å²) < 4.78 is 10.5. The van der Waals surface area contributed by atoms with E-state index < -0.39 is 5.91 Å². The quantitative estimate of drug-likeness (QED) is 0.758. The van der Waals surface area contributed by atoms with E-state index in [0.717, 1.165) is 22.1 Å². The first-order valence-electron chi connectivity index (χ1n) is 6.19. The number of primary amides is 1. The third kappa shape index (κ3) is 3.38. The number of ether oxygens (including phenoxy) is 2. The van der Waals surface area contributed by atoms with Crippen molar-refractivity contribution in [2.75, 3.05) is 25.3 Å². The van der Waals surface area contributed by atoms with Gasteiger partial charge in [-0.3, -0.25) is 4.79 Å². The van der Waals surface area contributed by atoms with Gasteiger partial charge < -0.3 is 26.3 Å². The molecule has 5 N–H and O–H groups in total. The van der Waals surface area contributed by atoms with Gasteiger partial charge in [0.2, 0.25) is 0 Å². The van der Waals surface area contributed by atoms with Crippen molar-refractivity contribution in [1.29, 1.82) is 0 Å². The molecule has 0 aliphatic heterocycles. The van der Waals surface area contributed by atoms with Crippen molar-refractivity contribution in [3.63, 3.8) is 0 Å². The van der Waals surface area contributed by atoms with Gasteiger partial charge in [0, 0.05) is 18.2 Å². The number of anilines is 2. The van der Waals surface area contributed by atoms with E-state index in [-0.39, 0.29) is 0 Å². The highest BCUT2D eigenvalue weighted by molar-refractivity contribution is 7.18. The van der Waals surface area contributed by atoms with E-state index >= 15 is 0 Å². The maximum Gasteiger partial charge on any atom is 0.260 e. The highest BCUT2D eigenvalue weighted by atomic mass is 32.1. The first-order chi connectivity index (χ1) is 10.0. The van der Waals surface area contributed by atoms with Gasteiger partial charge in [-0.25, -0.2) is 0 Å². The minimum Gasteiger partial charge on any atom is -0.497 e. The van der Waals surface area contributed by atoms with Crippen LogP contribution in [0.1, 0.15) is 15.2 Å². The Bertz CT molecular complexity index is 655. The van der Waals surface area contributed by atoms with Crippen LogP contribution in [-0.2, 0) is 6.54 Å². The molecule has 21 heavy (non-hydrogen) atoms. The van der Waals surface area contributed by atoms with Crippen LogP contribution in [0.4, 0.5) is 10.7 Å². The van der Waals surface area contributed by atoms with Crippen LogP contribution < -0.4 is 26.3 Å². The number of thiophene rings is 1. The second-order valence-corrected chi connectivity index (χ2v) is 5.34. The zero-order chi connectivity index (χ0) is 15.4. The molecule has 1 amide bonds. The van der Waals surface area contributed by atoms with Gasteiger partial charge >= 0.3 is 0 Å². The van der Waals surface area contributed by atoms with Crippen molar-refractivity contribution in [2.24, 2.45) is 5.73 Å². The lowest BCUT2D eigenvalue weighted by atomic mass is 10.2. The SMILES string of the molecule is COc1ccc(CNc2cc(N)c(C(N)=O)s2)c(OC)c1. The number of methoxy groups -OCH3 is 2. The minimum absolute atomic E-state index is 0.360. The molecule has 0 fully saturated rings. The van der Waals surface area contributed by atoms with Crippen molar-refractivity contribution in [3.05, 3.63) is 34.7 Å². The minimum atomic E-state index is -0.521. The Morgan fingerprint density at radius 3 is 2.62 bits per heavy atom. The standard InChI is InChI=1S/C14H17N3O3S/c1-19-9-4-3-8(11(5-9)20-2)7-17-12-6-10(15)13(21-12)14(16)18/h3-6,17H,7,15H2,1-2H3,(H2,16,18). The average molecular weight is 307 g/mol. The fraction of sp³-hybridized carbons (Fsp3) is 0.214. The van der Waals surface area contributed by atoms with Crippen LogP contribution >= 0.6 is 11.3 Å². The number of carbonyl (C=O) groups is 1. The van der Waals surface area contributed by atoms with Gasteiger partial charge in [-0.05, 0) is 18.2 Å². The molecule has 1 aromatic heterocycles. The van der Waals surface area contributed by atoms with Crippen molar-refractivity contribution < 1.29 is 14.3 Å². The molecule has 0 spiro atoms. The molecule has 1 aromatic carbocycles. The van der Waals surface area contributed by atoms with Crippen molar-refractivity contribution >= 4 is 27.9 Å². The third-order valence-corrected chi connectivity index (χ3v) is 4.06. The molecular weight excluding hydrogens is 290 g/mol. The number of rotatable bonds is 6. The summed E-state index contributed by atoms with van der Waals surface area (Å²) in [6.45, 7) is 0.533. The van der Waals surface area contributed by atoms with E-state index in [1.165, 1.54) is 11.3 Å². The summed E-state index contributed by atoms with van der Waals surface area (Å²) in [6.07, 6.45) is 0. The molecule has 0 aliphatic rings. The fourth-order valence-electron chi connectivity index (χ4n) is 1.87. The lowest BCUT2D eigenvalue weighted by Crippen LogP contribution is -2.10. The lowest BCUT2D eigenvalue weighted by molar-refractivity contribution is 0.100. The summed E-state index contributed by atoms with van der Waals surface area (Å²) in [5.41, 5.74) is 12.3. The summed E-state index contributed by atoms with van der Waals surface area (Å²) in [4.78, 5) is 11.5. The van der Waals surface area contributed by atoms with E-state index in [4.69, 9.17) is 20.9 Å². The van der Waals surface area contributed by atoms with Crippen LogP contribution in [0.3, 0.4) is 0 Å². The highest BCUT2D eigenvalue weighted by Crippen LogP contribution is 2.30. The molecule has 2 aromatic rings. The molecule has 0 bridgehead atoms. The van der Waals surface area contributed by atoms with E-state index in [0.29, 0.717) is 17.1 Å². The molecule has 0 radical (unpaired) electrons. The van der Waals surface area contributed by atoms with Gasteiger partial charge in [0.15, 0.2) is 0 Å². The molecular formula is C14H17N3O3S. The molecule has 7 heteroatoms. The Morgan fingerprint density at radius 1 is 1.29 bits per heavy atom. The predicted molar refractivity (Wildman–Crippen MR) is 84.1 cm³/mol. The summed E-state index contributed by atoms with van der Waals surface area (Å²) in [5, 5.41) is 3.98. The number of hydrogen-bond donors (Lipinski definition) is 3. The van der Waals surface area contributed by atoms with Crippen LogP contribution in [0.15, 0.2) is 24.3 Å². The Labute approximate surface area is 126 Å². The molecule has 1 heterocycles. The largest absolute Gasteiger partial charge is 0.497 e. The van der Waals surface area contributed by atoms with Crippen molar-refractivity contribution in [3.8, 4) is 11.5 Å². The predicted octanol–water partition coefficient (Wildman–Crippen LogP) is 2.06. The van der Waals surface area contributed by atoms with Gasteiger partial charge in [0.25, 0.3) is 5.91 Å². The van der Waals surface area contributed by atoms with Gasteiger partial charge in [-0.2, -0.15) is 0 Å². The molecule has 6 nitrogen and oxygen atoms in total. The second kappa shape index (κ2) is 6.36. The van der Waals surface area contributed by atoms with Crippen LogP contribution in [0.25, 0.3) is 0 Å². The molecule has 0 aliphatic carbocycles. The molecule has 2 rings (SSSR count). The van der Waals surface area contributed by atoms with Crippen LogP contribution in [0.5, 0.6) is 11.5 Å². The van der Waals surface area contributed by atoms with E-state index in [1.54, 1.807) is 20.3 Å². The number of carbonyl (C=O) groups excluding carboxylic acids is 1. The second-order valence-electron chi connectivity index (χ2n) is 4.29. The number of nitrogens with one attached hydrogen (secondary N) is 1. The first-order valence-corrected chi connectivity index (χ1v) is 7.00. The van der Waals surface area contributed by atoms with Crippen LogP contribution in [0.2, 0.25) is 0 Å². The molecule has 112 valence electrons. The zero-order valence-electron chi connectivity index (χ0n) is 11.8. The topological polar surface area (TPSA) is 99.6 Å². The van der Waals surface area contributed by atoms with Crippen molar-refractivity contribution in [1.82, 2.24) is 0 Å². The molecule has 0 atom stereocenters. The lowest BCUT2D eigenvalue weighted by Gasteiger charge is -2.11. The Kier molecular flexibility index (Phi) is 4.54. The Morgan fingerprint density at radius 2 is 2.05 bits per heavy atom. The average Bonchev–Trinajstić information content (AvgIpc) is 2.86. The Hall–Kier alpha value is -2.41. The van der Waals surface area contributed by atoms with Crippen LogP contribution in [-0.4, -0.2) is 20.1 Å².